The summed E-state index contributed by atoms with van der Waals surface area (Å²) in [7, 11) is 0. The van der Waals surface area contributed by atoms with Crippen molar-refractivity contribution in [1.29, 1.82) is 0 Å². The van der Waals surface area contributed by atoms with Crippen LogP contribution in [0.4, 0.5) is 10.1 Å². The van der Waals surface area contributed by atoms with Gasteiger partial charge in [0.25, 0.3) is 0 Å². The Labute approximate surface area is 118 Å². The van der Waals surface area contributed by atoms with Gasteiger partial charge in [-0.3, -0.25) is 0 Å². The molecule has 1 aromatic rings. The average Bonchev–Trinajstić information content (AvgIpc) is 2.76. The SMILES string of the molecule is O=C(O)c1ccc(NCC2CCCC2O)c(F)c1Br. The van der Waals surface area contributed by atoms with Crippen molar-refractivity contribution >= 4 is 27.6 Å². The van der Waals surface area contributed by atoms with Crippen molar-refractivity contribution in [2.75, 3.05) is 11.9 Å². The van der Waals surface area contributed by atoms with Gasteiger partial charge in [0.1, 0.15) is 0 Å². The zero-order valence-electron chi connectivity index (χ0n) is 10.2. The van der Waals surface area contributed by atoms with Gasteiger partial charge in [0.2, 0.25) is 0 Å². The number of aliphatic hydroxyl groups is 1. The van der Waals surface area contributed by atoms with Gasteiger partial charge in [-0.15, -0.1) is 0 Å². The second-order valence-corrected chi connectivity index (χ2v) is 5.53. The summed E-state index contributed by atoms with van der Waals surface area (Å²) in [6, 6.07) is 2.76. The van der Waals surface area contributed by atoms with Crippen LogP contribution in [0, 0.1) is 11.7 Å². The molecule has 1 aliphatic carbocycles. The fourth-order valence-electron chi connectivity index (χ4n) is 2.35. The molecule has 0 spiro atoms. The molecule has 2 rings (SSSR count). The molecule has 0 aromatic heterocycles. The summed E-state index contributed by atoms with van der Waals surface area (Å²) in [6.07, 6.45) is 2.36. The number of aliphatic hydroxyl groups excluding tert-OH is 1. The first-order valence-electron chi connectivity index (χ1n) is 6.14. The Kier molecular flexibility index (Phi) is 4.42. The molecule has 0 amide bonds. The third-order valence-corrected chi connectivity index (χ3v) is 4.26. The van der Waals surface area contributed by atoms with Crippen molar-refractivity contribution in [2.24, 2.45) is 5.92 Å². The Bertz CT molecular complexity index is 495. The van der Waals surface area contributed by atoms with Crippen LogP contribution in [0.1, 0.15) is 29.6 Å². The largest absolute Gasteiger partial charge is 0.478 e. The lowest BCUT2D eigenvalue weighted by Gasteiger charge is -2.17. The number of rotatable bonds is 4. The van der Waals surface area contributed by atoms with E-state index in [1.54, 1.807) is 0 Å². The van der Waals surface area contributed by atoms with Crippen LogP contribution in [0.2, 0.25) is 0 Å². The van der Waals surface area contributed by atoms with Crippen molar-refractivity contribution in [2.45, 2.75) is 25.4 Å². The fraction of sp³-hybridized carbons (Fsp3) is 0.462. The Balaban J connectivity index is 2.09. The molecule has 2 atom stereocenters. The van der Waals surface area contributed by atoms with Crippen LogP contribution in [-0.4, -0.2) is 28.8 Å². The molecule has 104 valence electrons. The summed E-state index contributed by atoms with van der Waals surface area (Å²) in [4.78, 5) is 10.8. The molecule has 1 fully saturated rings. The smallest absolute Gasteiger partial charge is 0.336 e. The summed E-state index contributed by atoms with van der Waals surface area (Å²) in [5.41, 5.74) is 0.139. The topological polar surface area (TPSA) is 69.6 Å². The predicted octanol–water partition coefficient (Wildman–Crippen LogP) is 2.86. The van der Waals surface area contributed by atoms with E-state index in [9.17, 15) is 14.3 Å². The van der Waals surface area contributed by atoms with E-state index in [0.29, 0.717) is 6.54 Å². The van der Waals surface area contributed by atoms with E-state index >= 15 is 0 Å². The van der Waals surface area contributed by atoms with Gasteiger partial charge < -0.3 is 15.5 Å². The maximum absolute atomic E-state index is 14.0. The van der Waals surface area contributed by atoms with Gasteiger partial charge in [0.05, 0.1) is 21.8 Å². The predicted molar refractivity (Wildman–Crippen MR) is 72.9 cm³/mol. The van der Waals surface area contributed by atoms with E-state index in [1.807, 2.05) is 0 Å². The van der Waals surface area contributed by atoms with Crippen molar-refractivity contribution in [3.05, 3.63) is 28.0 Å². The highest BCUT2D eigenvalue weighted by Crippen LogP contribution is 2.29. The van der Waals surface area contributed by atoms with Gasteiger partial charge in [-0.2, -0.15) is 0 Å². The Morgan fingerprint density at radius 1 is 1.47 bits per heavy atom. The van der Waals surface area contributed by atoms with Crippen molar-refractivity contribution < 1.29 is 19.4 Å². The number of benzene rings is 1. The maximum atomic E-state index is 14.0. The van der Waals surface area contributed by atoms with Crippen molar-refractivity contribution in [3.63, 3.8) is 0 Å². The van der Waals surface area contributed by atoms with Crippen molar-refractivity contribution in [3.8, 4) is 0 Å². The molecule has 0 saturated heterocycles. The second kappa shape index (κ2) is 5.88. The maximum Gasteiger partial charge on any atom is 0.336 e. The van der Waals surface area contributed by atoms with E-state index in [2.05, 4.69) is 21.2 Å². The van der Waals surface area contributed by atoms with Crippen LogP contribution in [0.25, 0.3) is 0 Å². The number of nitrogens with one attached hydrogen (secondary N) is 1. The van der Waals surface area contributed by atoms with Crippen LogP contribution in [-0.2, 0) is 0 Å². The van der Waals surface area contributed by atoms with E-state index < -0.39 is 11.8 Å². The number of carboxylic acids is 1. The lowest BCUT2D eigenvalue weighted by atomic mass is 10.1. The first-order valence-corrected chi connectivity index (χ1v) is 6.93. The van der Waals surface area contributed by atoms with Crippen LogP contribution in [0.15, 0.2) is 16.6 Å². The zero-order chi connectivity index (χ0) is 14.0. The Morgan fingerprint density at radius 3 is 2.79 bits per heavy atom. The number of aromatic carboxylic acids is 1. The highest BCUT2D eigenvalue weighted by Gasteiger charge is 2.25. The molecule has 0 bridgehead atoms. The minimum Gasteiger partial charge on any atom is -0.478 e. The Morgan fingerprint density at radius 2 is 2.21 bits per heavy atom. The molecule has 1 saturated carbocycles. The molecular formula is C13H15BrFNO3. The summed E-state index contributed by atoms with van der Waals surface area (Å²) in [5, 5.41) is 21.5. The molecule has 1 aliphatic rings. The van der Waals surface area contributed by atoms with Crippen LogP contribution >= 0.6 is 15.9 Å². The number of carboxylic acid groups (broad SMARTS) is 1. The summed E-state index contributed by atoms with van der Waals surface area (Å²) < 4.78 is 13.9. The van der Waals surface area contributed by atoms with Crippen LogP contribution < -0.4 is 5.32 Å². The van der Waals surface area contributed by atoms with Gasteiger partial charge in [0.15, 0.2) is 5.82 Å². The highest BCUT2D eigenvalue weighted by molar-refractivity contribution is 9.10. The Hall–Kier alpha value is -1.14. The molecular weight excluding hydrogens is 317 g/mol. The zero-order valence-corrected chi connectivity index (χ0v) is 11.8. The normalized spacial score (nSPS) is 22.5. The van der Waals surface area contributed by atoms with Crippen LogP contribution in [0.5, 0.6) is 0 Å². The standard InChI is InChI=1S/C13H15BrFNO3/c14-11-8(13(18)19)4-5-9(12(11)15)16-6-7-2-1-3-10(7)17/h4-5,7,10,16-17H,1-3,6H2,(H,18,19). The third kappa shape index (κ3) is 3.06. The molecule has 4 nitrogen and oxygen atoms in total. The first-order chi connectivity index (χ1) is 9.00. The average molecular weight is 332 g/mol. The highest BCUT2D eigenvalue weighted by atomic mass is 79.9. The molecule has 2 unspecified atom stereocenters. The number of anilines is 1. The lowest BCUT2D eigenvalue weighted by Crippen LogP contribution is -2.22. The van der Waals surface area contributed by atoms with E-state index in [-0.39, 0.29) is 27.7 Å². The number of halogens is 2. The minimum atomic E-state index is -1.18. The lowest BCUT2D eigenvalue weighted by molar-refractivity contribution is 0.0695. The molecule has 19 heavy (non-hydrogen) atoms. The second-order valence-electron chi connectivity index (χ2n) is 4.73. The van der Waals surface area contributed by atoms with Gasteiger partial charge >= 0.3 is 5.97 Å². The molecule has 0 radical (unpaired) electrons. The van der Waals surface area contributed by atoms with E-state index in [1.165, 1.54) is 12.1 Å². The van der Waals surface area contributed by atoms with Crippen molar-refractivity contribution in [1.82, 2.24) is 0 Å². The molecule has 6 heteroatoms. The van der Waals surface area contributed by atoms with Gasteiger partial charge in [-0.25, -0.2) is 9.18 Å². The number of hydrogen-bond donors (Lipinski definition) is 3. The fourth-order valence-corrected chi connectivity index (χ4v) is 2.86. The summed E-state index contributed by atoms with van der Waals surface area (Å²) in [5.74, 6) is -1.67. The van der Waals surface area contributed by atoms with E-state index in [0.717, 1.165) is 19.3 Å². The number of carbonyl (C=O) groups is 1. The molecule has 3 N–H and O–H groups in total. The molecule has 0 heterocycles. The molecule has 1 aromatic carbocycles. The summed E-state index contributed by atoms with van der Waals surface area (Å²) >= 11 is 2.95. The van der Waals surface area contributed by atoms with Crippen LogP contribution in [0.3, 0.4) is 0 Å². The monoisotopic (exact) mass is 331 g/mol. The van der Waals surface area contributed by atoms with Gasteiger partial charge in [0, 0.05) is 12.5 Å². The third-order valence-electron chi connectivity index (χ3n) is 3.49. The first kappa shape index (κ1) is 14.3. The van der Waals surface area contributed by atoms with Gasteiger partial charge in [-0.1, -0.05) is 6.42 Å². The minimum absolute atomic E-state index is 0.0584. The van der Waals surface area contributed by atoms with E-state index in [4.69, 9.17) is 5.11 Å². The number of hydrogen-bond acceptors (Lipinski definition) is 3. The van der Waals surface area contributed by atoms with Gasteiger partial charge in [-0.05, 0) is 40.9 Å². The molecule has 0 aliphatic heterocycles. The quantitative estimate of drug-likeness (QED) is 0.793. The summed E-state index contributed by atoms with van der Waals surface area (Å²) in [6.45, 7) is 0.483.